The van der Waals surface area contributed by atoms with Gasteiger partial charge in [0.25, 0.3) is 0 Å². The summed E-state index contributed by atoms with van der Waals surface area (Å²) < 4.78 is 13.9. The summed E-state index contributed by atoms with van der Waals surface area (Å²) >= 11 is 4.51. The summed E-state index contributed by atoms with van der Waals surface area (Å²) in [7, 11) is 0. The van der Waals surface area contributed by atoms with E-state index in [-0.39, 0.29) is 5.69 Å². The minimum atomic E-state index is -0.439. The lowest BCUT2D eigenvalue weighted by molar-refractivity contribution is 0.629. The van der Waals surface area contributed by atoms with Gasteiger partial charge in [-0.2, -0.15) is 4.99 Å². The Kier molecular flexibility index (Phi) is 6.49. The average molecular weight is 373 g/mol. The Balaban J connectivity index is 1.78. The van der Waals surface area contributed by atoms with Gasteiger partial charge in [0.2, 0.25) is 0 Å². The number of benzene rings is 2. The number of hydrogen-bond acceptors (Lipinski definition) is 2. The number of rotatable bonds is 4. The Bertz CT molecular complexity index is 1010. The largest absolute Gasteiger partial charge is 0.205 e. The summed E-state index contributed by atoms with van der Waals surface area (Å²) in [6.07, 6.45) is 10.7. The van der Waals surface area contributed by atoms with E-state index in [4.69, 9.17) is 0 Å². The van der Waals surface area contributed by atoms with Gasteiger partial charge in [0.1, 0.15) is 5.69 Å². The van der Waals surface area contributed by atoms with Crippen molar-refractivity contribution in [2.45, 2.75) is 32.6 Å². The van der Waals surface area contributed by atoms with E-state index < -0.39 is 5.82 Å². The number of aliphatic imine (C=N–C) groups is 1. The summed E-state index contributed by atoms with van der Waals surface area (Å²) in [4.78, 5) is 3.68. The Hall–Kier alpha value is -2.79. The molecular formula is C24H20FNS. The van der Waals surface area contributed by atoms with E-state index in [1.54, 1.807) is 12.1 Å². The van der Waals surface area contributed by atoms with Crippen LogP contribution in [0.1, 0.15) is 48.4 Å². The maximum absolute atomic E-state index is 13.9. The molecule has 0 spiro atoms. The van der Waals surface area contributed by atoms with Gasteiger partial charge in [-0.25, -0.2) is 4.39 Å². The quantitative estimate of drug-likeness (QED) is 0.328. The van der Waals surface area contributed by atoms with Crippen LogP contribution < -0.4 is 0 Å². The molecule has 0 amide bonds. The van der Waals surface area contributed by atoms with E-state index in [9.17, 15) is 4.39 Å². The van der Waals surface area contributed by atoms with Crippen molar-refractivity contribution in [1.29, 1.82) is 0 Å². The second-order valence-electron chi connectivity index (χ2n) is 6.44. The van der Waals surface area contributed by atoms with Crippen LogP contribution in [-0.4, -0.2) is 5.16 Å². The molecule has 27 heavy (non-hydrogen) atoms. The molecule has 0 saturated heterocycles. The van der Waals surface area contributed by atoms with E-state index in [1.807, 2.05) is 0 Å². The zero-order valence-corrected chi connectivity index (χ0v) is 16.1. The molecule has 3 heteroatoms. The van der Waals surface area contributed by atoms with E-state index in [0.717, 1.165) is 24.8 Å². The molecule has 2 aromatic carbocycles. The average Bonchev–Trinajstić information content (AvgIpc) is 2.68. The van der Waals surface area contributed by atoms with Gasteiger partial charge < -0.3 is 0 Å². The normalized spacial score (nSPS) is 12.6. The number of hydrogen-bond donors (Lipinski definition) is 0. The summed E-state index contributed by atoms with van der Waals surface area (Å²) in [5.74, 6) is 5.78. The highest BCUT2D eigenvalue weighted by Gasteiger charge is 2.09. The molecule has 0 atom stereocenters. The molecule has 3 rings (SSSR count). The molecule has 0 saturated carbocycles. The van der Waals surface area contributed by atoms with Crippen molar-refractivity contribution >= 4 is 35.2 Å². The fraction of sp³-hybridized carbons (Fsp3) is 0.208. The van der Waals surface area contributed by atoms with Crippen molar-refractivity contribution in [3.8, 4) is 11.8 Å². The summed E-state index contributed by atoms with van der Waals surface area (Å²) in [5.41, 5.74) is 5.70. The van der Waals surface area contributed by atoms with Crippen LogP contribution in [0.5, 0.6) is 0 Å². The van der Waals surface area contributed by atoms with Crippen molar-refractivity contribution in [3.63, 3.8) is 0 Å². The summed E-state index contributed by atoms with van der Waals surface area (Å²) in [6.45, 7) is 2.18. The Morgan fingerprint density at radius 2 is 2.04 bits per heavy atom. The van der Waals surface area contributed by atoms with Crippen LogP contribution in [0.3, 0.4) is 0 Å². The van der Waals surface area contributed by atoms with Gasteiger partial charge in [0.05, 0.1) is 5.16 Å². The van der Waals surface area contributed by atoms with Gasteiger partial charge >= 0.3 is 0 Å². The monoisotopic (exact) mass is 373 g/mol. The molecule has 2 aromatic rings. The van der Waals surface area contributed by atoms with Gasteiger partial charge in [-0.3, -0.25) is 0 Å². The molecule has 0 bridgehead atoms. The fourth-order valence-corrected chi connectivity index (χ4v) is 3.08. The Morgan fingerprint density at radius 3 is 2.81 bits per heavy atom. The first-order chi connectivity index (χ1) is 13.2. The SMILES string of the molecule is CCC/C=C/c1ccc2c(c1)CCC(C#Cc1ccc(N=C=S)c(F)c1)=C2. The molecule has 1 aliphatic rings. The van der Waals surface area contributed by atoms with Gasteiger partial charge in [0.15, 0.2) is 5.82 Å². The third kappa shape index (κ3) is 5.11. The number of unbranched alkanes of at least 4 members (excludes halogenated alkanes) is 1. The smallest absolute Gasteiger partial charge is 0.150 e. The predicted octanol–water partition coefficient (Wildman–Crippen LogP) is 6.75. The molecule has 1 nitrogen and oxygen atoms in total. The third-order valence-electron chi connectivity index (χ3n) is 4.41. The van der Waals surface area contributed by atoms with Crippen LogP contribution in [0.2, 0.25) is 0 Å². The van der Waals surface area contributed by atoms with Crippen LogP contribution >= 0.6 is 12.2 Å². The van der Waals surface area contributed by atoms with E-state index >= 15 is 0 Å². The number of thiocarbonyl (C=S) groups is 1. The maximum atomic E-state index is 13.9. The van der Waals surface area contributed by atoms with Crippen molar-refractivity contribution in [1.82, 2.24) is 0 Å². The number of halogens is 1. The third-order valence-corrected chi connectivity index (χ3v) is 4.50. The minimum absolute atomic E-state index is 0.185. The lowest BCUT2D eigenvalue weighted by Gasteiger charge is -2.14. The molecular weight excluding hydrogens is 353 g/mol. The number of allylic oxidation sites excluding steroid dienone is 2. The van der Waals surface area contributed by atoms with Crippen LogP contribution in [0.4, 0.5) is 10.1 Å². The zero-order valence-electron chi connectivity index (χ0n) is 15.3. The molecule has 0 radical (unpaired) electrons. The van der Waals surface area contributed by atoms with Crippen LogP contribution in [-0.2, 0) is 6.42 Å². The van der Waals surface area contributed by atoms with Crippen LogP contribution in [0.25, 0.3) is 12.2 Å². The standard InChI is InChI=1S/C24H20FNS/c1-2-3-4-5-18-8-11-22-15-19(9-12-21(22)14-18)6-7-20-10-13-24(26-17-27)23(25)16-20/h4-5,8,10-11,13-16H,2-3,9,12H2,1H3/b5-4+. The van der Waals surface area contributed by atoms with Crippen LogP contribution in [0.15, 0.2) is 53.0 Å². The zero-order chi connectivity index (χ0) is 19.1. The van der Waals surface area contributed by atoms with Gasteiger partial charge in [-0.05, 0) is 72.4 Å². The molecule has 0 N–H and O–H groups in total. The second kappa shape index (κ2) is 9.24. The van der Waals surface area contributed by atoms with Crippen molar-refractivity contribution < 1.29 is 4.39 Å². The van der Waals surface area contributed by atoms with Crippen molar-refractivity contribution in [2.24, 2.45) is 4.99 Å². The highest BCUT2D eigenvalue weighted by molar-refractivity contribution is 7.78. The molecule has 0 aromatic heterocycles. The highest BCUT2D eigenvalue weighted by Crippen LogP contribution is 2.25. The Labute approximate surface area is 165 Å². The van der Waals surface area contributed by atoms with E-state index in [1.165, 1.54) is 29.2 Å². The fourth-order valence-electron chi connectivity index (χ4n) is 2.98. The first-order valence-electron chi connectivity index (χ1n) is 9.09. The first kappa shape index (κ1) is 19.0. The number of aryl methyl sites for hydroxylation is 1. The lowest BCUT2D eigenvalue weighted by atomic mass is 9.91. The van der Waals surface area contributed by atoms with Crippen molar-refractivity contribution in [2.75, 3.05) is 0 Å². The van der Waals surface area contributed by atoms with Crippen molar-refractivity contribution in [3.05, 3.63) is 76.1 Å². The molecule has 0 fully saturated rings. The van der Waals surface area contributed by atoms with Gasteiger partial charge in [0, 0.05) is 11.1 Å². The lowest BCUT2D eigenvalue weighted by Crippen LogP contribution is -1.98. The Morgan fingerprint density at radius 1 is 1.15 bits per heavy atom. The topological polar surface area (TPSA) is 12.4 Å². The molecule has 0 unspecified atom stereocenters. The number of fused-ring (bicyclic) bond motifs is 1. The maximum Gasteiger partial charge on any atom is 0.150 e. The molecule has 0 heterocycles. The first-order valence-corrected chi connectivity index (χ1v) is 9.50. The molecule has 0 aliphatic heterocycles. The molecule has 134 valence electrons. The number of nitrogens with zero attached hydrogens (tertiary/aromatic N) is 1. The van der Waals surface area contributed by atoms with Gasteiger partial charge in [-0.15, -0.1) is 0 Å². The highest BCUT2D eigenvalue weighted by atomic mass is 32.1. The van der Waals surface area contributed by atoms with Gasteiger partial charge in [-0.1, -0.05) is 55.5 Å². The summed E-state index contributed by atoms with van der Waals surface area (Å²) in [5, 5.41) is 2.17. The predicted molar refractivity (Wildman–Crippen MR) is 115 cm³/mol. The van der Waals surface area contributed by atoms with E-state index in [0.29, 0.717) is 5.56 Å². The van der Waals surface area contributed by atoms with Crippen LogP contribution in [0, 0.1) is 17.7 Å². The molecule has 1 aliphatic carbocycles. The van der Waals surface area contributed by atoms with E-state index in [2.05, 4.69) is 77.6 Å². The second-order valence-corrected chi connectivity index (χ2v) is 6.62. The minimum Gasteiger partial charge on any atom is -0.205 e. The summed E-state index contributed by atoms with van der Waals surface area (Å²) in [6, 6.07) is 11.2. The number of isothiocyanates is 1.